The van der Waals surface area contributed by atoms with Crippen molar-refractivity contribution >= 4 is 34.1 Å². The Morgan fingerprint density at radius 2 is 2.14 bits per heavy atom. The molecule has 0 aliphatic rings. The lowest BCUT2D eigenvalue weighted by Crippen LogP contribution is -2.17. The first kappa shape index (κ1) is 18.0. The number of hydrogen-bond donors (Lipinski definition) is 3. The first-order valence-electron chi connectivity index (χ1n) is 8.62. The van der Waals surface area contributed by atoms with Crippen LogP contribution in [-0.4, -0.2) is 24.7 Å². The number of nitrogens with two attached hydrogens (primary N) is 1. The molecule has 1 unspecified atom stereocenters. The third-order valence-corrected chi connectivity index (χ3v) is 4.80. The highest BCUT2D eigenvalue weighted by Gasteiger charge is 2.15. The van der Waals surface area contributed by atoms with Gasteiger partial charge in [-0.15, -0.1) is 0 Å². The molecule has 0 fully saturated rings. The van der Waals surface area contributed by atoms with E-state index in [-0.39, 0.29) is 17.5 Å². The number of aromatic amines is 1. The molecule has 0 spiro atoms. The Hall–Kier alpha value is -3.39. The van der Waals surface area contributed by atoms with Crippen LogP contribution >= 0.6 is 11.6 Å². The summed E-state index contributed by atoms with van der Waals surface area (Å²) >= 11 is 6.16. The minimum atomic E-state index is -0.249. The molecule has 0 saturated carbocycles. The van der Waals surface area contributed by atoms with Crippen LogP contribution in [0.15, 0.2) is 47.7 Å². The standard InChI is InChI=1S/C19H18ClN7O/c1-10(15-6-11-4-3-5-14(20)16(11)18(28)25-15)24-17-13(8-22-19(21)26-17)12-7-23-27(2)9-12/h3-10H,1-2H3,(H,25,28)(H3,21,22,24,26). The Morgan fingerprint density at radius 1 is 1.32 bits per heavy atom. The minimum absolute atomic E-state index is 0.154. The van der Waals surface area contributed by atoms with Gasteiger partial charge in [-0.3, -0.25) is 9.48 Å². The Balaban J connectivity index is 1.73. The molecule has 3 aromatic heterocycles. The SMILES string of the molecule is CC(Nc1nc(N)ncc1-c1cnn(C)c1)c1cc2cccc(Cl)c2c(=O)[nH]1. The zero-order valence-corrected chi connectivity index (χ0v) is 16.0. The molecule has 9 heteroatoms. The number of aryl methyl sites for hydroxylation is 1. The van der Waals surface area contributed by atoms with Gasteiger partial charge < -0.3 is 16.0 Å². The van der Waals surface area contributed by atoms with E-state index in [0.717, 1.165) is 16.5 Å². The molecule has 3 heterocycles. The second-order valence-electron chi connectivity index (χ2n) is 6.52. The van der Waals surface area contributed by atoms with E-state index >= 15 is 0 Å². The molecular weight excluding hydrogens is 378 g/mol. The smallest absolute Gasteiger partial charge is 0.257 e. The van der Waals surface area contributed by atoms with Crippen LogP contribution < -0.4 is 16.6 Å². The Kier molecular flexibility index (Phi) is 4.48. The predicted octanol–water partition coefficient (Wildman–Crippen LogP) is 3.13. The molecule has 28 heavy (non-hydrogen) atoms. The lowest BCUT2D eigenvalue weighted by atomic mass is 10.1. The van der Waals surface area contributed by atoms with Crippen molar-refractivity contribution in [3.8, 4) is 11.1 Å². The van der Waals surface area contributed by atoms with Crippen molar-refractivity contribution in [3.63, 3.8) is 0 Å². The molecule has 4 rings (SSSR count). The lowest BCUT2D eigenvalue weighted by Gasteiger charge is -2.17. The first-order valence-corrected chi connectivity index (χ1v) is 8.99. The highest BCUT2D eigenvalue weighted by Crippen LogP contribution is 2.29. The van der Waals surface area contributed by atoms with Gasteiger partial charge in [0.1, 0.15) is 5.82 Å². The molecule has 1 atom stereocenters. The summed E-state index contributed by atoms with van der Waals surface area (Å²) < 4.78 is 1.70. The highest BCUT2D eigenvalue weighted by atomic mass is 35.5. The summed E-state index contributed by atoms with van der Waals surface area (Å²) in [7, 11) is 1.84. The number of nitrogens with zero attached hydrogens (tertiary/aromatic N) is 4. The maximum atomic E-state index is 12.5. The number of anilines is 2. The van der Waals surface area contributed by atoms with E-state index in [1.807, 2.05) is 38.4 Å². The number of pyridine rings is 1. The van der Waals surface area contributed by atoms with Gasteiger partial charge in [0.15, 0.2) is 0 Å². The fourth-order valence-electron chi connectivity index (χ4n) is 3.09. The van der Waals surface area contributed by atoms with Crippen molar-refractivity contribution in [1.29, 1.82) is 0 Å². The molecule has 0 radical (unpaired) electrons. The van der Waals surface area contributed by atoms with Crippen molar-refractivity contribution in [2.45, 2.75) is 13.0 Å². The van der Waals surface area contributed by atoms with Crippen molar-refractivity contribution in [2.24, 2.45) is 7.05 Å². The topological polar surface area (TPSA) is 115 Å². The number of H-pyrrole nitrogens is 1. The van der Waals surface area contributed by atoms with Gasteiger partial charge in [-0.1, -0.05) is 23.7 Å². The number of halogens is 1. The summed E-state index contributed by atoms with van der Waals surface area (Å²) in [5.41, 5.74) is 7.87. The third kappa shape index (κ3) is 3.29. The summed E-state index contributed by atoms with van der Waals surface area (Å²) in [6.45, 7) is 1.92. The number of nitrogens with one attached hydrogen (secondary N) is 2. The molecule has 0 amide bonds. The Labute approximate surface area is 165 Å². The Morgan fingerprint density at radius 3 is 2.89 bits per heavy atom. The summed E-state index contributed by atoms with van der Waals surface area (Å²) in [5.74, 6) is 0.709. The average Bonchev–Trinajstić information content (AvgIpc) is 3.07. The van der Waals surface area contributed by atoms with Gasteiger partial charge in [0.05, 0.1) is 22.6 Å². The van der Waals surface area contributed by atoms with Crippen molar-refractivity contribution in [3.05, 3.63) is 63.9 Å². The van der Waals surface area contributed by atoms with Gasteiger partial charge in [0, 0.05) is 36.3 Å². The van der Waals surface area contributed by atoms with Crippen molar-refractivity contribution < 1.29 is 0 Å². The van der Waals surface area contributed by atoms with Gasteiger partial charge in [-0.05, 0) is 24.4 Å². The zero-order valence-electron chi connectivity index (χ0n) is 15.3. The average molecular weight is 396 g/mol. The third-order valence-electron chi connectivity index (χ3n) is 4.48. The van der Waals surface area contributed by atoms with Crippen LogP contribution in [0.4, 0.5) is 11.8 Å². The quantitative estimate of drug-likeness (QED) is 0.489. The molecule has 0 aliphatic carbocycles. The van der Waals surface area contributed by atoms with Crippen LogP contribution in [0.3, 0.4) is 0 Å². The molecule has 142 valence electrons. The summed E-state index contributed by atoms with van der Waals surface area (Å²) in [4.78, 5) is 23.8. The normalized spacial score (nSPS) is 12.2. The zero-order chi connectivity index (χ0) is 19.8. The largest absolute Gasteiger partial charge is 0.368 e. The second-order valence-corrected chi connectivity index (χ2v) is 6.92. The van der Waals surface area contributed by atoms with E-state index in [4.69, 9.17) is 17.3 Å². The molecule has 4 N–H and O–H groups in total. The van der Waals surface area contributed by atoms with Crippen LogP contribution in [-0.2, 0) is 7.05 Å². The molecule has 0 aliphatic heterocycles. The number of benzene rings is 1. The fourth-order valence-corrected chi connectivity index (χ4v) is 3.36. The van der Waals surface area contributed by atoms with Crippen LogP contribution in [0.2, 0.25) is 5.02 Å². The first-order chi connectivity index (χ1) is 13.4. The van der Waals surface area contributed by atoms with Gasteiger partial charge >= 0.3 is 0 Å². The van der Waals surface area contributed by atoms with E-state index in [0.29, 0.717) is 21.9 Å². The number of nitrogen functional groups attached to an aromatic ring is 1. The van der Waals surface area contributed by atoms with Crippen LogP contribution in [0.25, 0.3) is 21.9 Å². The van der Waals surface area contributed by atoms with Gasteiger partial charge in [0.25, 0.3) is 5.56 Å². The van der Waals surface area contributed by atoms with Gasteiger partial charge in [-0.2, -0.15) is 10.1 Å². The van der Waals surface area contributed by atoms with E-state index in [1.54, 1.807) is 23.1 Å². The van der Waals surface area contributed by atoms with E-state index in [2.05, 4.69) is 25.4 Å². The van der Waals surface area contributed by atoms with E-state index < -0.39 is 0 Å². The molecule has 8 nitrogen and oxygen atoms in total. The molecule has 0 saturated heterocycles. The number of rotatable bonds is 4. The van der Waals surface area contributed by atoms with Crippen LogP contribution in [0, 0.1) is 0 Å². The molecule has 1 aromatic carbocycles. The van der Waals surface area contributed by atoms with Gasteiger partial charge in [-0.25, -0.2) is 4.98 Å². The fraction of sp³-hybridized carbons (Fsp3) is 0.158. The number of hydrogen-bond acceptors (Lipinski definition) is 6. The predicted molar refractivity (Wildman–Crippen MR) is 110 cm³/mol. The van der Waals surface area contributed by atoms with Crippen LogP contribution in [0.5, 0.6) is 0 Å². The maximum Gasteiger partial charge on any atom is 0.257 e. The van der Waals surface area contributed by atoms with Crippen molar-refractivity contribution in [1.82, 2.24) is 24.7 Å². The highest BCUT2D eigenvalue weighted by molar-refractivity contribution is 6.35. The van der Waals surface area contributed by atoms with Crippen molar-refractivity contribution in [2.75, 3.05) is 11.1 Å². The van der Waals surface area contributed by atoms with Gasteiger partial charge in [0.2, 0.25) is 5.95 Å². The summed E-state index contributed by atoms with van der Waals surface area (Å²) in [6, 6.07) is 7.02. The molecular formula is C19H18ClN7O. The number of aromatic nitrogens is 5. The minimum Gasteiger partial charge on any atom is -0.368 e. The monoisotopic (exact) mass is 395 g/mol. The number of fused-ring (bicyclic) bond motifs is 1. The second kappa shape index (κ2) is 6.97. The Bertz CT molecular complexity index is 1230. The summed E-state index contributed by atoms with van der Waals surface area (Å²) in [5, 5.41) is 9.17. The molecule has 4 aromatic rings. The lowest BCUT2D eigenvalue weighted by molar-refractivity contribution is 0.768. The van der Waals surface area contributed by atoms with E-state index in [9.17, 15) is 4.79 Å². The van der Waals surface area contributed by atoms with E-state index in [1.165, 1.54) is 0 Å². The van der Waals surface area contributed by atoms with Crippen LogP contribution in [0.1, 0.15) is 18.7 Å². The molecule has 0 bridgehead atoms. The maximum absolute atomic E-state index is 12.5. The summed E-state index contributed by atoms with van der Waals surface area (Å²) in [6.07, 6.45) is 5.24.